The number of likely N-dealkylation sites (tertiary alicyclic amines) is 2. The number of nitrogens with zero attached hydrogens (tertiary/aromatic N) is 7. The SMILES string of the molecule is N#CCC1CCN(CCN2CCC(Nc3nc(N4CCCCCC4)nc4cn[nH]c(=O)c34)CC2)CC1. The molecule has 0 atom stereocenters. The van der Waals surface area contributed by atoms with Crippen LogP contribution in [0.5, 0.6) is 0 Å². The number of nitrogens with one attached hydrogen (secondary N) is 2. The molecule has 2 aromatic rings. The van der Waals surface area contributed by atoms with Crippen LogP contribution in [0.4, 0.5) is 11.8 Å². The molecule has 3 saturated heterocycles. The van der Waals surface area contributed by atoms with E-state index in [4.69, 9.17) is 15.2 Å². The molecule has 0 bridgehead atoms. The third-order valence-electron chi connectivity index (χ3n) is 8.14. The first kappa shape index (κ1) is 24.9. The highest BCUT2D eigenvalue weighted by Gasteiger charge is 2.24. The van der Waals surface area contributed by atoms with Gasteiger partial charge in [0.25, 0.3) is 5.56 Å². The molecule has 0 aliphatic carbocycles. The summed E-state index contributed by atoms with van der Waals surface area (Å²) in [5.74, 6) is 1.94. The van der Waals surface area contributed by atoms with E-state index in [-0.39, 0.29) is 11.6 Å². The molecule has 0 radical (unpaired) electrons. The lowest BCUT2D eigenvalue weighted by Crippen LogP contribution is -2.44. The predicted molar refractivity (Wildman–Crippen MR) is 141 cm³/mol. The molecule has 10 heteroatoms. The number of H-pyrrole nitrogens is 1. The molecule has 2 aromatic heterocycles. The Balaban J connectivity index is 1.18. The van der Waals surface area contributed by atoms with E-state index in [0.29, 0.717) is 35.0 Å². The number of aromatic amines is 1. The monoisotopic (exact) mass is 493 g/mol. The van der Waals surface area contributed by atoms with Crippen LogP contribution in [0.3, 0.4) is 0 Å². The van der Waals surface area contributed by atoms with Gasteiger partial charge < -0.3 is 20.0 Å². The van der Waals surface area contributed by atoms with Crippen molar-refractivity contribution in [2.75, 3.05) is 62.6 Å². The Hall–Kier alpha value is -2.77. The van der Waals surface area contributed by atoms with Crippen LogP contribution in [-0.2, 0) is 0 Å². The van der Waals surface area contributed by atoms with Gasteiger partial charge >= 0.3 is 0 Å². The summed E-state index contributed by atoms with van der Waals surface area (Å²) in [5, 5.41) is 19.6. The first-order valence-electron chi connectivity index (χ1n) is 13.8. The number of fused-ring (bicyclic) bond motifs is 1. The largest absolute Gasteiger partial charge is 0.366 e. The zero-order valence-corrected chi connectivity index (χ0v) is 21.3. The quantitative estimate of drug-likeness (QED) is 0.600. The summed E-state index contributed by atoms with van der Waals surface area (Å²) in [6, 6.07) is 2.61. The molecule has 2 N–H and O–H groups in total. The second-order valence-corrected chi connectivity index (χ2v) is 10.6. The van der Waals surface area contributed by atoms with Crippen LogP contribution >= 0.6 is 0 Å². The van der Waals surface area contributed by atoms with Gasteiger partial charge in [-0.25, -0.2) is 10.1 Å². The summed E-state index contributed by atoms with van der Waals surface area (Å²) in [6.45, 7) is 8.44. The average molecular weight is 494 g/mol. The summed E-state index contributed by atoms with van der Waals surface area (Å²) in [6.07, 6.45) is 11.5. The second-order valence-electron chi connectivity index (χ2n) is 10.6. The summed E-state index contributed by atoms with van der Waals surface area (Å²) in [7, 11) is 0. The maximum atomic E-state index is 12.6. The van der Waals surface area contributed by atoms with Gasteiger partial charge in [-0.3, -0.25) is 4.79 Å². The Morgan fingerprint density at radius 1 is 0.944 bits per heavy atom. The van der Waals surface area contributed by atoms with Crippen LogP contribution in [-0.4, -0.2) is 88.4 Å². The van der Waals surface area contributed by atoms with Gasteiger partial charge in [-0.1, -0.05) is 12.8 Å². The van der Waals surface area contributed by atoms with Gasteiger partial charge in [0, 0.05) is 51.7 Å². The van der Waals surface area contributed by atoms with Crippen molar-refractivity contribution >= 4 is 22.7 Å². The van der Waals surface area contributed by atoms with Gasteiger partial charge in [0.15, 0.2) is 0 Å². The van der Waals surface area contributed by atoms with Crippen molar-refractivity contribution in [1.29, 1.82) is 5.26 Å². The molecular formula is C26H39N9O. The molecule has 0 amide bonds. The zero-order valence-electron chi connectivity index (χ0n) is 21.3. The molecule has 0 spiro atoms. The maximum absolute atomic E-state index is 12.6. The van der Waals surface area contributed by atoms with Crippen molar-refractivity contribution in [2.45, 2.75) is 63.8 Å². The number of hydrogen-bond donors (Lipinski definition) is 2. The topological polar surface area (TPSA) is 117 Å². The zero-order chi connectivity index (χ0) is 24.7. The van der Waals surface area contributed by atoms with E-state index in [1.54, 1.807) is 6.20 Å². The first-order chi connectivity index (χ1) is 17.7. The van der Waals surface area contributed by atoms with Crippen LogP contribution in [0.2, 0.25) is 0 Å². The van der Waals surface area contributed by atoms with E-state index in [1.165, 1.54) is 12.8 Å². The van der Waals surface area contributed by atoms with Crippen molar-refractivity contribution in [3.8, 4) is 6.07 Å². The molecule has 194 valence electrons. The smallest absolute Gasteiger partial charge is 0.277 e. The molecule has 5 rings (SSSR count). The van der Waals surface area contributed by atoms with E-state index in [1.807, 2.05) is 0 Å². The van der Waals surface area contributed by atoms with Gasteiger partial charge in [0.05, 0.1) is 12.3 Å². The summed E-state index contributed by atoms with van der Waals surface area (Å²) in [4.78, 5) is 29.6. The highest BCUT2D eigenvalue weighted by atomic mass is 16.1. The Kier molecular flexibility index (Phi) is 8.29. The molecule has 3 fully saturated rings. The molecule has 10 nitrogen and oxygen atoms in total. The molecule has 3 aliphatic rings. The highest BCUT2D eigenvalue weighted by Crippen LogP contribution is 2.25. The number of rotatable bonds is 7. The Labute approximate surface area is 213 Å². The third kappa shape index (κ3) is 6.13. The van der Waals surface area contributed by atoms with Crippen molar-refractivity contribution in [3.63, 3.8) is 0 Å². The lowest BCUT2D eigenvalue weighted by molar-refractivity contribution is 0.144. The van der Waals surface area contributed by atoms with Crippen LogP contribution in [0.15, 0.2) is 11.0 Å². The molecule has 5 heterocycles. The minimum absolute atomic E-state index is 0.242. The lowest BCUT2D eigenvalue weighted by Gasteiger charge is -2.36. The van der Waals surface area contributed by atoms with Crippen molar-refractivity contribution < 1.29 is 0 Å². The molecule has 3 aliphatic heterocycles. The summed E-state index contributed by atoms with van der Waals surface area (Å²) in [5.41, 5.74) is 0.361. The van der Waals surface area contributed by atoms with E-state index in [2.05, 4.69) is 36.3 Å². The first-order valence-corrected chi connectivity index (χ1v) is 13.8. The fourth-order valence-electron chi connectivity index (χ4n) is 5.83. The van der Waals surface area contributed by atoms with E-state index < -0.39 is 0 Å². The predicted octanol–water partition coefficient (Wildman–Crippen LogP) is 2.60. The number of nitriles is 1. The standard InChI is InChI=1S/C26H39N9O/c27-10-5-20-6-13-33(14-7-20)17-18-34-15-8-21(9-16-34)29-24-23-22(19-28-32-25(23)36)30-26(31-24)35-11-3-1-2-4-12-35/h19-21H,1-9,11-18H2,(H,32,36)(H,29,30,31). The van der Waals surface area contributed by atoms with Crippen LogP contribution in [0, 0.1) is 17.2 Å². The Morgan fingerprint density at radius 2 is 1.61 bits per heavy atom. The maximum Gasteiger partial charge on any atom is 0.277 e. The fourth-order valence-corrected chi connectivity index (χ4v) is 5.83. The Bertz CT molecular complexity index is 1090. The molecule has 0 aromatic carbocycles. The van der Waals surface area contributed by atoms with Gasteiger partial charge in [0.1, 0.15) is 16.7 Å². The van der Waals surface area contributed by atoms with Gasteiger partial charge in [0.2, 0.25) is 5.95 Å². The lowest BCUT2D eigenvalue weighted by atomic mass is 9.94. The van der Waals surface area contributed by atoms with E-state index in [9.17, 15) is 4.79 Å². The van der Waals surface area contributed by atoms with Crippen LogP contribution in [0.25, 0.3) is 10.9 Å². The minimum Gasteiger partial charge on any atom is -0.366 e. The summed E-state index contributed by atoms with van der Waals surface area (Å²) < 4.78 is 0. The summed E-state index contributed by atoms with van der Waals surface area (Å²) >= 11 is 0. The number of hydrogen-bond acceptors (Lipinski definition) is 9. The van der Waals surface area contributed by atoms with Crippen LogP contribution in [0.1, 0.15) is 57.8 Å². The molecular weight excluding hydrogens is 454 g/mol. The molecule has 0 unspecified atom stereocenters. The van der Waals surface area contributed by atoms with Gasteiger partial charge in [-0.15, -0.1) is 0 Å². The van der Waals surface area contributed by atoms with Gasteiger partial charge in [-0.05, 0) is 57.5 Å². The highest BCUT2D eigenvalue weighted by molar-refractivity contribution is 5.88. The number of piperidine rings is 2. The average Bonchev–Trinajstić information content (AvgIpc) is 3.19. The van der Waals surface area contributed by atoms with Crippen molar-refractivity contribution in [2.24, 2.45) is 5.92 Å². The van der Waals surface area contributed by atoms with E-state index in [0.717, 1.165) is 90.9 Å². The molecule has 0 saturated carbocycles. The third-order valence-corrected chi connectivity index (χ3v) is 8.14. The van der Waals surface area contributed by atoms with E-state index >= 15 is 0 Å². The number of anilines is 2. The van der Waals surface area contributed by atoms with Crippen molar-refractivity contribution in [1.82, 2.24) is 30.0 Å². The minimum atomic E-state index is -0.242. The second kappa shape index (κ2) is 12.0. The molecule has 36 heavy (non-hydrogen) atoms. The van der Waals surface area contributed by atoms with Crippen LogP contribution < -0.4 is 15.8 Å². The number of aromatic nitrogens is 4. The van der Waals surface area contributed by atoms with Gasteiger partial charge in [-0.2, -0.15) is 15.3 Å². The fraction of sp³-hybridized carbons (Fsp3) is 0.731. The van der Waals surface area contributed by atoms with Crippen molar-refractivity contribution in [3.05, 3.63) is 16.6 Å². The normalized spacial score (nSPS) is 21.4. The Morgan fingerprint density at radius 3 is 2.28 bits per heavy atom.